The van der Waals surface area contributed by atoms with E-state index in [0.29, 0.717) is 10.7 Å². The molecule has 0 N–H and O–H groups in total. The molecule has 11 heteroatoms. The molecule has 0 aliphatic heterocycles. The van der Waals surface area contributed by atoms with Gasteiger partial charge in [0.15, 0.2) is 22.3 Å². The molecule has 0 fully saturated rings. The summed E-state index contributed by atoms with van der Waals surface area (Å²) in [5.41, 5.74) is 0.521. The monoisotopic (exact) mass is 446 g/mol. The molecule has 0 radical (unpaired) electrons. The standard InChI is InChI=1S/C17H8Cl2F4N4S/c1-17(22,23)7-2-10(19)14-24-13(6-27(14)5-7)16-26-25-15(28-16)8-3-11(20)12(21)4-9(8)18/h2-6H,1H3. The lowest BCUT2D eigenvalue weighted by Gasteiger charge is -2.11. The van der Waals surface area contributed by atoms with Crippen molar-refractivity contribution in [3.63, 3.8) is 0 Å². The molecule has 0 bridgehead atoms. The average Bonchev–Trinajstić information content (AvgIpc) is 3.24. The molecule has 1 aromatic carbocycles. The lowest BCUT2D eigenvalue weighted by atomic mass is 10.2. The summed E-state index contributed by atoms with van der Waals surface area (Å²) in [6.07, 6.45) is 2.71. The van der Waals surface area contributed by atoms with Crippen LogP contribution in [0.15, 0.2) is 30.6 Å². The summed E-state index contributed by atoms with van der Waals surface area (Å²) >= 11 is 13.1. The van der Waals surface area contributed by atoms with E-state index >= 15 is 0 Å². The van der Waals surface area contributed by atoms with Crippen LogP contribution in [0.1, 0.15) is 12.5 Å². The zero-order chi connectivity index (χ0) is 20.2. The molecule has 4 nitrogen and oxygen atoms in total. The number of halogens is 6. The van der Waals surface area contributed by atoms with Crippen molar-refractivity contribution in [2.75, 3.05) is 0 Å². The summed E-state index contributed by atoms with van der Waals surface area (Å²) in [7, 11) is 0. The van der Waals surface area contributed by atoms with Crippen LogP contribution in [0.2, 0.25) is 10.0 Å². The molecule has 3 aromatic heterocycles. The zero-order valence-corrected chi connectivity index (χ0v) is 16.2. The molecule has 0 spiro atoms. The van der Waals surface area contributed by atoms with Gasteiger partial charge >= 0.3 is 0 Å². The Morgan fingerprint density at radius 2 is 1.64 bits per heavy atom. The molecular weight excluding hydrogens is 439 g/mol. The predicted octanol–water partition coefficient (Wildman–Crippen LogP) is 6.22. The van der Waals surface area contributed by atoms with Crippen molar-refractivity contribution in [3.8, 4) is 21.3 Å². The highest BCUT2D eigenvalue weighted by Crippen LogP contribution is 2.36. The van der Waals surface area contributed by atoms with Crippen molar-refractivity contribution >= 4 is 40.2 Å². The first-order valence-corrected chi connectivity index (χ1v) is 9.26. The highest BCUT2D eigenvalue weighted by atomic mass is 35.5. The van der Waals surface area contributed by atoms with Crippen LogP contribution in [0.5, 0.6) is 0 Å². The third-order valence-electron chi connectivity index (χ3n) is 3.90. The number of fused-ring (bicyclic) bond motifs is 1. The van der Waals surface area contributed by atoms with Crippen molar-refractivity contribution in [2.24, 2.45) is 0 Å². The molecule has 28 heavy (non-hydrogen) atoms. The van der Waals surface area contributed by atoms with E-state index in [2.05, 4.69) is 15.2 Å². The van der Waals surface area contributed by atoms with Crippen molar-refractivity contribution in [3.05, 3.63) is 57.8 Å². The second-order valence-electron chi connectivity index (χ2n) is 5.98. The van der Waals surface area contributed by atoms with E-state index in [9.17, 15) is 17.6 Å². The molecule has 0 aliphatic rings. The van der Waals surface area contributed by atoms with Crippen molar-refractivity contribution in [1.82, 2.24) is 19.6 Å². The Bertz CT molecular complexity index is 1220. The maximum Gasteiger partial charge on any atom is 0.271 e. The fourth-order valence-corrected chi connectivity index (χ4v) is 3.90. The molecule has 4 aromatic rings. The summed E-state index contributed by atoms with van der Waals surface area (Å²) in [5, 5.41) is 8.54. The summed E-state index contributed by atoms with van der Waals surface area (Å²) in [4.78, 5) is 4.29. The Kier molecular flexibility index (Phi) is 4.56. The Morgan fingerprint density at radius 3 is 2.36 bits per heavy atom. The minimum absolute atomic E-state index is 0.0190. The van der Waals surface area contributed by atoms with Gasteiger partial charge in [-0.2, -0.15) is 0 Å². The minimum atomic E-state index is -3.07. The van der Waals surface area contributed by atoms with Gasteiger partial charge in [0.2, 0.25) is 0 Å². The van der Waals surface area contributed by atoms with E-state index in [1.165, 1.54) is 16.8 Å². The summed E-state index contributed by atoms with van der Waals surface area (Å²) in [5.74, 6) is -5.21. The largest absolute Gasteiger partial charge is 0.305 e. The summed E-state index contributed by atoms with van der Waals surface area (Å²) < 4.78 is 55.3. The number of alkyl halides is 2. The van der Waals surface area contributed by atoms with Gasteiger partial charge in [-0.05, 0) is 18.2 Å². The van der Waals surface area contributed by atoms with Crippen LogP contribution in [-0.4, -0.2) is 19.6 Å². The number of rotatable bonds is 3. The molecule has 0 saturated heterocycles. The molecule has 144 valence electrons. The second-order valence-corrected chi connectivity index (χ2v) is 7.77. The number of hydrogen-bond acceptors (Lipinski definition) is 4. The Balaban J connectivity index is 1.78. The maximum atomic E-state index is 13.6. The first-order chi connectivity index (χ1) is 13.1. The van der Waals surface area contributed by atoms with Crippen molar-refractivity contribution < 1.29 is 17.6 Å². The van der Waals surface area contributed by atoms with Gasteiger partial charge < -0.3 is 4.40 Å². The molecule has 3 heterocycles. The average molecular weight is 447 g/mol. The molecule has 0 amide bonds. The van der Waals surface area contributed by atoms with E-state index in [-0.39, 0.29) is 31.8 Å². The first kappa shape index (κ1) is 19.1. The number of aromatic nitrogens is 4. The highest BCUT2D eigenvalue weighted by molar-refractivity contribution is 7.18. The minimum Gasteiger partial charge on any atom is -0.305 e. The van der Waals surface area contributed by atoms with E-state index in [4.69, 9.17) is 23.2 Å². The number of imidazole rings is 1. The molecule has 0 aliphatic carbocycles. The van der Waals surface area contributed by atoms with Gasteiger partial charge in [-0.3, -0.25) is 0 Å². The van der Waals surface area contributed by atoms with Crippen LogP contribution in [0.4, 0.5) is 17.6 Å². The Labute approximate surface area is 169 Å². The first-order valence-electron chi connectivity index (χ1n) is 7.69. The van der Waals surface area contributed by atoms with Crippen molar-refractivity contribution in [1.29, 1.82) is 0 Å². The zero-order valence-electron chi connectivity index (χ0n) is 13.9. The van der Waals surface area contributed by atoms with Gasteiger partial charge in [-0.25, -0.2) is 22.5 Å². The van der Waals surface area contributed by atoms with Crippen molar-refractivity contribution in [2.45, 2.75) is 12.8 Å². The molecule has 0 atom stereocenters. The molecule has 0 saturated carbocycles. The third kappa shape index (κ3) is 3.34. The van der Waals surface area contributed by atoms with Gasteiger partial charge in [0.25, 0.3) is 5.92 Å². The van der Waals surface area contributed by atoms with Gasteiger partial charge in [0.1, 0.15) is 10.7 Å². The van der Waals surface area contributed by atoms with Crippen LogP contribution < -0.4 is 0 Å². The fourth-order valence-electron chi connectivity index (χ4n) is 2.52. The van der Waals surface area contributed by atoms with E-state index in [1.807, 2.05) is 0 Å². The fraction of sp³-hybridized carbons (Fsp3) is 0.118. The molecule has 0 unspecified atom stereocenters. The van der Waals surface area contributed by atoms with Crippen LogP contribution in [0.3, 0.4) is 0 Å². The van der Waals surface area contributed by atoms with Gasteiger partial charge in [-0.15, -0.1) is 10.2 Å². The van der Waals surface area contributed by atoms with E-state index in [1.54, 1.807) is 0 Å². The van der Waals surface area contributed by atoms with E-state index in [0.717, 1.165) is 36.5 Å². The molecule has 4 rings (SSSR count). The Morgan fingerprint density at radius 1 is 0.964 bits per heavy atom. The number of nitrogens with zero attached hydrogens (tertiary/aromatic N) is 4. The van der Waals surface area contributed by atoms with Gasteiger partial charge in [0.05, 0.1) is 10.0 Å². The lowest BCUT2D eigenvalue weighted by Crippen LogP contribution is -2.08. The topological polar surface area (TPSA) is 43.1 Å². The van der Waals surface area contributed by atoms with Gasteiger partial charge in [-0.1, -0.05) is 34.5 Å². The van der Waals surface area contributed by atoms with Crippen LogP contribution in [0, 0.1) is 11.6 Å². The number of pyridine rings is 1. The van der Waals surface area contributed by atoms with Crippen LogP contribution >= 0.6 is 34.5 Å². The Hall–Kier alpha value is -2.23. The van der Waals surface area contributed by atoms with Crippen LogP contribution in [-0.2, 0) is 5.92 Å². The number of benzene rings is 1. The number of hydrogen-bond donors (Lipinski definition) is 0. The SMILES string of the molecule is CC(F)(F)c1cc(Cl)c2nc(-c3nnc(-c4cc(F)c(F)cc4Cl)s3)cn2c1. The van der Waals surface area contributed by atoms with E-state index < -0.39 is 17.6 Å². The quantitative estimate of drug-likeness (QED) is 0.277. The maximum absolute atomic E-state index is 13.6. The highest BCUT2D eigenvalue weighted by Gasteiger charge is 2.26. The van der Waals surface area contributed by atoms with Crippen LogP contribution in [0.25, 0.3) is 26.9 Å². The summed E-state index contributed by atoms with van der Waals surface area (Å²) in [6.45, 7) is 0.769. The lowest BCUT2D eigenvalue weighted by molar-refractivity contribution is 0.0170. The smallest absolute Gasteiger partial charge is 0.271 e. The summed E-state index contributed by atoms with van der Waals surface area (Å²) in [6, 6.07) is 2.93. The van der Waals surface area contributed by atoms with Gasteiger partial charge in [0, 0.05) is 30.4 Å². The molecular formula is C17H8Cl2F4N4S. The predicted molar refractivity (Wildman–Crippen MR) is 99.0 cm³/mol. The normalized spacial score (nSPS) is 12.1. The second kappa shape index (κ2) is 6.68. The third-order valence-corrected chi connectivity index (χ3v) is 5.47.